The van der Waals surface area contributed by atoms with E-state index in [4.69, 9.17) is 23.2 Å². The van der Waals surface area contributed by atoms with Gasteiger partial charge in [-0.2, -0.15) is 0 Å². The van der Waals surface area contributed by atoms with Gasteiger partial charge in [0.1, 0.15) is 0 Å². The van der Waals surface area contributed by atoms with Gasteiger partial charge in [0.05, 0.1) is 11.9 Å². The Kier molecular flexibility index (Phi) is 8.71. The first-order valence-electron chi connectivity index (χ1n) is 5.34. The molecule has 0 saturated heterocycles. The smallest absolute Gasteiger partial charge is 0.545 e. The third-order valence-corrected chi connectivity index (χ3v) is 2.59. The molecule has 0 unspecified atom stereocenters. The van der Waals surface area contributed by atoms with Gasteiger partial charge in [0.25, 0.3) is 0 Å². The molecule has 0 aliphatic carbocycles. The molecule has 0 atom stereocenters. The van der Waals surface area contributed by atoms with E-state index in [0.29, 0.717) is 10.0 Å². The largest absolute Gasteiger partial charge is 2.00 e. The van der Waals surface area contributed by atoms with Gasteiger partial charge in [-0.25, -0.2) is 0 Å². The molecule has 0 spiro atoms. The maximum absolute atomic E-state index is 10.2. The quantitative estimate of drug-likeness (QED) is 0.749. The van der Waals surface area contributed by atoms with E-state index in [9.17, 15) is 19.8 Å². The number of carbonyl (C=O) groups is 2. The fourth-order valence-corrected chi connectivity index (χ4v) is 1.61. The van der Waals surface area contributed by atoms with Crippen molar-refractivity contribution in [3.63, 3.8) is 0 Å². The molecule has 2 aromatic carbocycles. The van der Waals surface area contributed by atoms with Crippen molar-refractivity contribution in [2.45, 2.75) is 0 Å². The van der Waals surface area contributed by atoms with E-state index in [1.165, 1.54) is 24.3 Å². The first kappa shape index (κ1) is 19.5. The average molecular weight is 370 g/mol. The molecule has 0 aliphatic rings. The number of benzene rings is 2. The van der Waals surface area contributed by atoms with Crippen LogP contribution in [0.25, 0.3) is 0 Å². The summed E-state index contributed by atoms with van der Waals surface area (Å²) in [7, 11) is 0. The molecule has 112 valence electrons. The summed E-state index contributed by atoms with van der Waals surface area (Å²) in [6.45, 7) is 0. The Morgan fingerprint density at radius 3 is 1.29 bits per heavy atom. The van der Waals surface area contributed by atoms with Crippen LogP contribution in [0.1, 0.15) is 20.7 Å². The molecular weight excluding hydrogens is 362 g/mol. The van der Waals surface area contributed by atoms with Crippen LogP contribution < -0.4 is 10.2 Å². The molecule has 0 saturated carbocycles. The van der Waals surface area contributed by atoms with Crippen molar-refractivity contribution in [3.05, 3.63) is 69.7 Å². The van der Waals surface area contributed by atoms with Crippen LogP contribution >= 0.6 is 23.2 Å². The Morgan fingerprint density at radius 2 is 1.10 bits per heavy atom. The first-order valence-corrected chi connectivity index (χ1v) is 6.09. The van der Waals surface area contributed by atoms with Gasteiger partial charge in [-0.3, -0.25) is 0 Å². The molecule has 0 amide bonds. The molecular formula is C14H8Cl2NiO4. The number of carbonyl (C=O) groups excluding carboxylic acids is 2. The summed E-state index contributed by atoms with van der Waals surface area (Å²) in [6, 6.07) is 11.9. The van der Waals surface area contributed by atoms with E-state index in [-0.39, 0.29) is 27.6 Å². The number of hydrogen-bond donors (Lipinski definition) is 0. The topological polar surface area (TPSA) is 80.3 Å². The molecule has 0 N–H and O–H groups in total. The second-order valence-corrected chi connectivity index (χ2v) is 4.47. The minimum Gasteiger partial charge on any atom is -0.545 e. The summed E-state index contributed by atoms with van der Waals surface area (Å²) in [6.07, 6.45) is 0. The molecule has 2 aromatic rings. The molecule has 0 aliphatic heterocycles. The van der Waals surface area contributed by atoms with E-state index in [1.807, 2.05) is 0 Å². The van der Waals surface area contributed by atoms with E-state index in [1.54, 1.807) is 24.3 Å². The van der Waals surface area contributed by atoms with Crippen LogP contribution in [0.5, 0.6) is 0 Å². The van der Waals surface area contributed by atoms with Gasteiger partial charge in [0.15, 0.2) is 0 Å². The summed E-state index contributed by atoms with van der Waals surface area (Å²) < 4.78 is 0. The molecule has 7 heteroatoms. The van der Waals surface area contributed by atoms with Crippen LogP contribution in [0.4, 0.5) is 0 Å². The third kappa shape index (κ3) is 7.14. The standard InChI is InChI=1S/2C7H5ClO2.Ni/c2*8-6-3-1-2-5(4-6)7(9)10;/h2*1-4H,(H,9,10);/q;;+2/p-2. The Labute approximate surface area is 141 Å². The van der Waals surface area contributed by atoms with Gasteiger partial charge < -0.3 is 19.8 Å². The van der Waals surface area contributed by atoms with Gasteiger partial charge in [-0.1, -0.05) is 47.5 Å². The van der Waals surface area contributed by atoms with Gasteiger partial charge in [0.2, 0.25) is 0 Å². The number of hydrogen-bond acceptors (Lipinski definition) is 4. The molecule has 0 radical (unpaired) electrons. The Hall–Kier alpha value is -1.55. The minimum absolute atomic E-state index is 0. The minimum atomic E-state index is -1.21. The van der Waals surface area contributed by atoms with Crippen molar-refractivity contribution in [1.29, 1.82) is 0 Å². The van der Waals surface area contributed by atoms with Crippen LogP contribution in [0.2, 0.25) is 10.0 Å². The van der Waals surface area contributed by atoms with Gasteiger partial charge >= 0.3 is 16.5 Å². The van der Waals surface area contributed by atoms with E-state index >= 15 is 0 Å². The summed E-state index contributed by atoms with van der Waals surface area (Å²) in [4.78, 5) is 20.4. The van der Waals surface area contributed by atoms with Crippen molar-refractivity contribution < 1.29 is 36.3 Å². The second-order valence-electron chi connectivity index (χ2n) is 3.60. The van der Waals surface area contributed by atoms with Gasteiger partial charge in [-0.15, -0.1) is 0 Å². The normalized spacial score (nSPS) is 8.86. The number of rotatable bonds is 2. The van der Waals surface area contributed by atoms with Crippen molar-refractivity contribution in [2.75, 3.05) is 0 Å². The van der Waals surface area contributed by atoms with Crippen molar-refractivity contribution >= 4 is 35.1 Å². The number of carboxylic acids is 2. The van der Waals surface area contributed by atoms with E-state index in [0.717, 1.165) is 0 Å². The number of carboxylic acid groups (broad SMARTS) is 2. The number of aromatic carboxylic acids is 2. The second kappa shape index (κ2) is 9.40. The van der Waals surface area contributed by atoms with Crippen LogP contribution in [0.15, 0.2) is 48.5 Å². The fraction of sp³-hybridized carbons (Fsp3) is 0. The molecule has 21 heavy (non-hydrogen) atoms. The van der Waals surface area contributed by atoms with Gasteiger partial charge in [-0.05, 0) is 35.4 Å². The van der Waals surface area contributed by atoms with Crippen LogP contribution in [-0.4, -0.2) is 11.9 Å². The molecule has 2 rings (SSSR count). The predicted molar refractivity (Wildman–Crippen MR) is 71.6 cm³/mol. The Morgan fingerprint density at radius 1 is 0.762 bits per heavy atom. The van der Waals surface area contributed by atoms with Crippen LogP contribution in [0.3, 0.4) is 0 Å². The fourth-order valence-electron chi connectivity index (χ4n) is 1.23. The Balaban J connectivity index is 0.000000364. The summed E-state index contributed by atoms with van der Waals surface area (Å²) in [5.41, 5.74) is 0.208. The first-order chi connectivity index (χ1) is 9.40. The summed E-state index contributed by atoms with van der Waals surface area (Å²) >= 11 is 11.0. The van der Waals surface area contributed by atoms with E-state index in [2.05, 4.69) is 0 Å². The third-order valence-electron chi connectivity index (χ3n) is 2.12. The Bertz CT molecular complexity index is 576. The van der Waals surface area contributed by atoms with E-state index < -0.39 is 11.9 Å². The average Bonchev–Trinajstić information content (AvgIpc) is 2.39. The van der Waals surface area contributed by atoms with Crippen molar-refractivity contribution in [2.24, 2.45) is 0 Å². The molecule has 0 heterocycles. The monoisotopic (exact) mass is 368 g/mol. The molecule has 4 nitrogen and oxygen atoms in total. The maximum Gasteiger partial charge on any atom is 2.00 e. The zero-order valence-electron chi connectivity index (χ0n) is 10.3. The predicted octanol–water partition coefficient (Wildman–Crippen LogP) is 1.40. The SMILES string of the molecule is O=C([O-])c1cccc(Cl)c1.O=C([O-])c1cccc(Cl)c1.[Ni+2]. The molecule has 0 bridgehead atoms. The van der Waals surface area contributed by atoms with Crippen molar-refractivity contribution in [1.82, 2.24) is 0 Å². The summed E-state index contributed by atoms with van der Waals surface area (Å²) in [5, 5.41) is 21.2. The van der Waals surface area contributed by atoms with Crippen LogP contribution in [-0.2, 0) is 16.5 Å². The molecule has 0 aromatic heterocycles. The zero-order valence-corrected chi connectivity index (χ0v) is 12.8. The molecule has 0 fully saturated rings. The maximum atomic E-state index is 10.2. The van der Waals surface area contributed by atoms with Crippen molar-refractivity contribution in [3.8, 4) is 0 Å². The van der Waals surface area contributed by atoms with Crippen LogP contribution in [0, 0.1) is 0 Å². The number of halogens is 2. The van der Waals surface area contributed by atoms with Gasteiger partial charge in [0, 0.05) is 10.0 Å². The zero-order chi connectivity index (χ0) is 15.1. The summed E-state index contributed by atoms with van der Waals surface area (Å²) in [5.74, 6) is -2.41.